The summed E-state index contributed by atoms with van der Waals surface area (Å²) >= 11 is 0. The molecule has 9 heteroatoms. The Bertz CT molecular complexity index is 1100. The van der Waals surface area contributed by atoms with E-state index in [-0.39, 0.29) is 5.82 Å². The van der Waals surface area contributed by atoms with E-state index in [1.807, 2.05) is 22.9 Å². The fourth-order valence-electron chi connectivity index (χ4n) is 3.92. The SMILES string of the molecule is COc1cc2c(cc1OC)-c1nn(CCOCCOCCN)c(Nc3cccc(F)c3)c1C2. The molecule has 1 heterocycles. The topological polar surface area (TPSA) is 92.8 Å². The molecule has 0 bridgehead atoms. The molecule has 4 rings (SSSR count). The third kappa shape index (κ3) is 5.11. The van der Waals surface area contributed by atoms with Crippen LogP contribution in [0.4, 0.5) is 15.9 Å². The number of nitrogens with two attached hydrogens (primary N) is 1. The first-order valence-electron chi connectivity index (χ1n) is 10.9. The third-order valence-corrected chi connectivity index (χ3v) is 5.45. The number of nitrogens with one attached hydrogen (secondary N) is 1. The summed E-state index contributed by atoms with van der Waals surface area (Å²) in [5.41, 5.74) is 10.1. The molecular weight excluding hydrogens is 427 g/mol. The Morgan fingerprint density at radius 1 is 1.03 bits per heavy atom. The minimum atomic E-state index is -0.304. The van der Waals surface area contributed by atoms with E-state index < -0.39 is 0 Å². The number of ether oxygens (including phenoxy) is 4. The number of hydrogen-bond donors (Lipinski definition) is 2. The van der Waals surface area contributed by atoms with E-state index in [2.05, 4.69) is 5.32 Å². The molecule has 0 unspecified atom stereocenters. The average Bonchev–Trinajstić information content (AvgIpc) is 3.33. The summed E-state index contributed by atoms with van der Waals surface area (Å²) in [7, 11) is 3.24. The summed E-state index contributed by atoms with van der Waals surface area (Å²) in [6.45, 7) is 2.98. The molecule has 0 atom stereocenters. The Morgan fingerprint density at radius 2 is 1.79 bits per heavy atom. The van der Waals surface area contributed by atoms with E-state index in [1.165, 1.54) is 12.1 Å². The summed E-state index contributed by atoms with van der Waals surface area (Å²) in [4.78, 5) is 0. The fourth-order valence-corrected chi connectivity index (χ4v) is 3.92. The van der Waals surface area contributed by atoms with E-state index in [1.54, 1.807) is 20.3 Å². The zero-order valence-electron chi connectivity index (χ0n) is 18.9. The van der Waals surface area contributed by atoms with Crippen LogP contribution < -0.4 is 20.5 Å². The van der Waals surface area contributed by atoms with Gasteiger partial charge in [0.15, 0.2) is 11.5 Å². The smallest absolute Gasteiger partial charge is 0.161 e. The highest BCUT2D eigenvalue weighted by Crippen LogP contribution is 2.45. The van der Waals surface area contributed by atoms with E-state index in [0.717, 1.165) is 28.2 Å². The number of hydrogen-bond acceptors (Lipinski definition) is 7. The van der Waals surface area contributed by atoms with Gasteiger partial charge >= 0.3 is 0 Å². The average molecular weight is 457 g/mol. The molecule has 8 nitrogen and oxygen atoms in total. The summed E-state index contributed by atoms with van der Waals surface area (Å²) in [5.74, 6) is 1.84. The van der Waals surface area contributed by atoms with E-state index >= 15 is 0 Å². The number of fused-ring (bicyclic) bond motifs is 3. The van der Waals surface area contributed by atoms with Crippen molar-refractivity contribution in [1.29, 1.82) is 0 Å². The zero-order valence-corrected chi connectivity index (χ0v) is 18.9. The largest absolute Gasteiger partial charge is 0.493 e. The van der Waals surface area contributed by atoms with Crippen LogP contribution in [0, 0.1) is 5.82 Å². The molecule has 0 saturated heterocycles. The van der Waals surface area contributed by atoms with Gasteiger partial charge < -0.3 is 30.0 Å². The highest BCUT2D eigenvalue weighted by Gasteiger charge is 2.29. The monoisotopic (exact) mass is 456 g/mol. The molecule has 0 fully saturated rings. The number of methoxy groups -OCH3 is 2. The van der Waals surface area contributed by atoms with Crippen LogP contribution in [0.15, 0.2) is 36.4 Å². The second kappa shape index (κ2) is 10.7. The van der Waals surface area contributed by atoms with Crippen molar-refractivity contribution in [1.82, 2.24) is 9.78 Å². The van der Waals surface area contributed by atoms with Crippen molar-refractivity contribution >= 4 is 11.5 Å². The van der Waals surface area contributed by atoms with Crippen LogP contribution in [0.25, 0.3) is 11.3 Å². The van der Waals surface area contributed by atoms with E-state index in [4.69, 9.17) is 29.8 Å². The van der Waals surface area contributed by atoms with E-state index in [9.17, 15) is 4.39 Å². The maximum atomic E-state index is 13.8. The Kier molecular flexibility index (Phi) is 7.43. The fraction of sp³-hybridized carbons (Fsp3) is 0.375. The van der Waals surface area contributed by atoms with Crippen molar-refractivity contribution in [3.05, 3.63) is 53.3 Å². The highest BCUT2D eigenvalue weighted by molar-refractivity contribution is 5.82. The molecule has 1 aliphatic rings. The molecule has 0 amide bonds. The molecule has 0 radical (unpaired) electrons. The predicted octanol–water partition coefficient (Wildman–Crippen LogP) is 3.35. The van der Waals surface area contributed by atoms with Gasteiger partial charge in [-0.2, -0.15) is 5.10 Å². The first kappa shape index (κ1) is 23.0. The van der Waals surface area contributed by atoms with Gasteiger partial charge in [-0.3, -0.25) is 0 Å². The lowest BCUT2D eigenvalue weighted by molar-refractivity contribution is 0.0470. The third-order valence-electron chi connectivity index (χ3n) is 5.45. The molecular formula is C24H29FN4O4. The maximum absolute atomic E-state index is 13.8. The molecule has 3 aromatic rings. The first-order chi connectivity index (χ1) is 16.1. The van der Waals surface area contributed by atoms with Crippen molar-refractivity contribution < 1.29 is 23.3 Å². The van der Waals surface area contributed by atoms with Crippen molar-refractivity contribution in [2.45, 2.75) is 13.0 Å². The van der Waals surface area contributed by atoms with Gasteiger partial charge in [0.2, 0.25) is 0 Å². The number of halogens is 1. The molecule has 0 saturated carbocycles. The Hall–Kier alpha value is -3.14. The zero-order chi connectivity index (χ0) is 23.2. The minimum Gasteiger partial charge on any atom is -0.493 e. The Morgan fingerprint density at radius 3 is 2.52 bits per heavy atom. The number of aromatic nitrogens is 2. The molecule has 0 spiro atoms. The summed E-state index contributed by atoms with van der Waals surface area (Å²) in [5, 5.41) is 8.22. The number of anilines is 2. The van der Waals surface area contributed by atoms with Crippen LogP contribution in [0.5, 0.6) is 11.5 Å². The molecule has 33 heavy (non-hydrogen) atoms. The van der Waals surface area contributed by atoms with Crippen molar-refractivity contribution in [3.63, 3.8) is 0 Å². The van der Waals surface area contributed by atoms with Crippen LogP contribution in [0.2, 0.25) is 0 Å². The second-order valence-electron chi connectivity index (χ2n) is 7.59. The number of benzene rings is 2. The molecule has 2 aromatic carbocycles. The van der Waals surface area contributed by atoms with Gasteiger partial charge in [0.05, 0.1) is 52.9 Å². The number of rotatable bonds is 12. The Labute approximate surface area is 192 Å². The maximum Gasteiger partial charge on any atom is 0.161 e. The molecule has 1 aromatic heterocycles. The summed E-state index contributed by atoms with van der Waals surface area (Å²) < 4.78 is 37.6. The van der Waals surface area contributed by atoms with Gasteiger partial charge in [0.25, 0.3) is 0 Å². The lowest BCUT2D eigenvalue weighted by atomic mass is 10.1. The van der Waals surface area contributed by atoms with E-state index in [0.29, 0.717) is 63.1 Å². The summed E-state index contributed by atoms with van der Waals surface area (Å²) in [6.07, 6.45) is 0.677. The van der Waals surface area contributed by atoms with Crippen LogP contribution in [0.3, 0.4) is 0 Å². The van der Waals surface area contributed by atoms with Crippen LogP contribution in [-0.2, 0) is 22.4 Å². The standard InChI is InChI=1S/C24H29FN4O4/c1-30-21-13-16-12-20-23(19(16)15-22(21)31-2)28-29(7-9-33-11-10-32-8-6-26)24(20)27-18-5-3-4-17(25)14-18/h3-5,13-15,27H,6-12,26H2,1-2H3. The quantitative estimate of drug-likeness (QED) is 0.316. The second-order valence-corrected chi connectivity index (χ2v) is 7.59. The van der Waals surface area contributed by atoms with Gasteiger partial charge in [0, 0.05) is 29.8 Å². The van der Waals surface area contributed by atoms with Crippen molar-refractivity contribution in [2.24, 2.45) is 5.73 Å². The van der Waals surface area contributed by atoms with Crippen molar-refractivity contribution in [2.75, 3.05) is 52.5 Å². The van der Waals surface area contributed by atoms with Crippen LogP contribution in [-0.4, -0.2) is 57.0 Å². The highest BCUT2D eigenvalue weighted by atomic mass is 19.1. The lowest BCUT2D eigenvalue weighted by Gasteiger charge is -2.13. The van der Waals surface area contributed by atoms with Crippen LogP contribution in [0.1, 0.15) is 11.1 Å². The van der Waals surface area contributed by atoms with Gasteiger partial charge in [-0.25, -0.2) is 9.07 Å². The minimum absolute atomic E-state index is 0.304. The van der Waals surface area contributed by atoms with Gasteiger partial charge in [-0.15, -0.1) is 0 Å². The molecule has 0 aliphatic heterocycles. The molecule has 3 N–H and O–H groups in total. The normalized spacial score (nSPS) is 11.9. The van der Waals surface area contributed by atoms with Crippen LogP contribution >= 0.6 is 0 Å². The van der Waals surface area contributed by atoms with Gasteiger partial charge in [-0.05, 0) is 35.9 Å². The summed E-state index contributed by atoms with van der Waals surface area (Å²) in [6, 6.07) is 10.3. The van der Waals surface area contributed by atoms with Crippen molar-refractivity contribution in [3.8, 4) is 22.8 Å². The van der Waals surface area contributed by atoms with Gasteiger partial charge in [-0.1, -0.05) is 6.07 Å². The lowest BCUT2D eigenvalue weighted by Crippen LogP contribution is -2.15. The van der Waals surface area contributed by atoms with Gasteiger partial charge in [0.1, 0.15) is 11.6 Å². The Balaban J connectivity index is 1.59. The predicted molar refractivity (Wildman–Crippen MR) is 124 cm³/mol. The first-order valence-corrected chi connectivity index (χ1v) is 10.9. The number of nitrogens with zero attached hydrogens (tertiary/aromatic N) is 2. The molecule has 1 aliphatic carbocycles. The molecule has 176 valence electrons.